The Morgan fingerprint density at radius 3 is 2.45 bits per heavy atom. The van der Waals surface area contributed by atoms with Crippen LogP contribution in [0.25, 0.3) is 0 Å². The molecule has 0 aromatic heterocycles. The summed E-state index contributed by atoms with van der Waals surface area (Å²) < 4.78 is 0. The van der Waals surface area contributed by atoms with Crippen molar-refractivity contribution in [3.8, 4) is 0 Å². The minimum atomic E-state index is -0.659. The zero-order chi connectivity index (χ0) is 8.10. The van der Waals surface area contributed by atoms with Gasteiger partial charge in [0.15, 0.2) is 0 Å². The van der Waals surface area contributed by atoms with Crippen LogP contribution in [0.5, 0.6) is 0 Å². The van der Waals surface area contributed by atoms with E-state index in [-0.39, 0.29) is 6.61 Å². The molecule has 0 aromatic carbocycles. The summed E-state index contributed by atoms with van der Waals surface area (Å²) in [7, 11) is 0. The van der Waals surface area contributed by atoms with Crippen LogP contribution in [0.4, 0.5) is 0 Å². The highest BCUT2D eigenvalue weighted by molar-refractivity contribution is 4.67. The van der Waals surface area contributed by atoms with Crippen LogP contribution in [-0.2, 0) is 5.11 Å². The van der Waals surface area contributed by atoms with Gasteiger partial charge in [0.1, 0.15) is 6.61 Å². The van der Waals surface area contributed by atoms with Crippen molar-refractivity contribution in [1.82, 2.24) is 4.90 Å². The maximum Gasteiger partial charge on any atom is 0.109 e. The molecule has 1 aliphatic rings. The molecule has 0 aromatic rings. The fourth-order valence-electron chi connectivity index (χ4n) is 1.49. The number of aliphatic hydroxyl groups is 1. The van der Waals surface area contributed by atoms with Crippen molar-refractivity contribution in [2.45, 2.75) is 25.4 Å². The number of piperidine rings is 1. The van der Waals surface area contributed by atoms with Gasteiger partial charge in [-0.1, -0.05) is 6.42 Å². The third kappa shape index (κ3) is 3.18. The number of aliphatic hydroxyl groups excluding tert-OH is 1. The topological polar surface area (TPSA) is 43.4 Å². The number of rotatable bonds is 3. The lowest BCUT2D eigenvalue weighted by atomic mass is 10.1. The second kappa shape index (κ2) is 4.70. The molecular formula is C8H16NO2. The first-order chi connectivity index (χ1) is 5.33. The smallest absolute Gasteiger partial charge is 0.109 e. The van der Waals surface area contributed by atoms with Crippen LogP contribution >= 0.6 is 0 Å². The van der Waals surface area contributed by atoms with E-state index < -0.39 is 6.10 Å². The van der Waals surface area contributed by atoms with Crippen molar-refractivity contribution >= 4 is 0 Å². The average Bonchev–Trinajstić information content (AvgIpc) is 2.06. The van der Waals surface area contributed by atoms with E-state index in [1.54, 1.807) is 0 Å². The molecule has 3 nitrogen and oxygen atoms in total. The minimum Gasteiger partial charge on any atom is -0.389 e. The third-order valence-electron chi connectivity index (χ3n) is 2.11. The average molecular weight is 158 g/mol. The second-order valence-electron chi connectivity index (χ2n) is 3.18. The maximum absolute atomic E-state index is 10.2. The van der Waals surface area contributed by atoms with Gasteiger partial charge in [0, 0.05) is 6.54 Å². The molecule has 0 bridgehead atoms. The van der Waals surface area contributed by atoms with Gasteiger partial charge in [-0.3, -0.25) is 0 Å². The van der Waals surface area contributed by atoms with E-state index in [4.69, 9.17) is 5.11 Å². The SMILES string of the molecule is [O]C[C@@H](O)CN1CCCCC1. The molecule has 0 spiro atoms. The quantitative estimate of drug-likeness (QED) is 0.640. The molecule has 1 saturated heterocycles. The largest absolute Gasteiger partial charge is 0.389 e. The molecule has 0 saturated carbocycles. The van der Waals surface area contributed by atoms with Crippen LogP contribution in [0, 0.1) is 0 Å². The highest BCUT2D eigenvalue weighted by atomic mass is 16.3. The fourth-order valence-corrected chi connectivity index (χ4v) is 1.49. The van der Waals surface area contributed by atoms with Gasteiger partial charge in [-0.15, -0.1) is 0 Å². The zero-order valence-electron chi connectivity index (χ0n) is 6.83. The molecule has 0 aliphatic carbocycles. The Kier molecular flexibility index (Phi) is 3.83. The predicted molar refractivity (Wildman–Crippen MR) is 41.9 cm³/mol. The first-order valence-corrected chi connectivity index (χ1v) is 4.31. The summed E-state index contributed by atoms with van der Waals surface area (Å²) in [5, 5.41) is 19.3. The van der Waals surface area contributed by atoms with Gasteiger partial charge in [0.05, 0.1) is 6.10 Å². The van der Waals surface area contributed by atoms with Crippen molar-refractivity contribution in [2.24, 2.45) is 0 Å². The Balaban J connectivity index is 2.13. The van der Waals surface area contributed by atoms with Gasteiger partial charge in [-0.2, -0.15) is 0 Å². The number of β-amino-alcohol motifs (C(OH)–C–C–N with tert-alkyl or cyclic N) is 1. The summed E-state index contributed by atoms with van der Waals surface area (Å²) in [4.78, 5) is 2.17. The monoisotopic (exact) mass is 158 g/mol. The second-order valence-corrected chi connectivity index (χ2v) is 3.18. The Morgan fingerprint density at radius 2 is 1.91 bits per heavy atom. The molecule has 1 heterocycles. The normalized spacial score (nSPS) is 23.5. The first kappa shape index (κ1) is 8.97. The van der Waals surface area contributed by atoms with E-state index in [0.717, 1.165) is 13.1 Å². The molecule has 11 heavy (non-hydrogen) atoms. The molecule has 0 unspecified atom stereocenters. The van der Waals surface area contributed by atoms with Crippen molar-refractivity contribution < 1.29 is 10.2 Å². The predicted octanol–water partition coefficient (Wildman–Crippen LogP) is 0.264. The van der Waals surface area contributed by atoms with Gasteiger partial charge >= 0.3 is 0 Å². The van der Waals surface area contributed by atoms with E-state index >= 15 is 0 Å². The molecule has 1 rings (SSSR count). The highest BCUT2D eigenvalue weighted by Gasteiger charge is 2.13. The van der Waals surface area contributed by atoms with Gasteiger partial charge in [-0.05, 0) is 25.9 Å². The molecule has 1 N–H and O–H groups in total. The van der Waals surface area contributed by atoms with Gasteiger partial charge in [0.2, 0.25) is 0 Å². The number of likely N-dealkylation sites (tertiary alicyclic amines) is 1. The summed E-state index contributed by atoms with van der Waals surface area (Å²) in [5.41, 5.74) is 0. The lowest BCUT2D eigenvalue weighted by Crippen LogP contribution is -2.37. The number of nitrogens with zero attached hydrogens (tertiary/aromatic N) is 1. The number of hydrogen-bond acceptors (Lipinski definition) is 2. The Morgan fingerprint density at radius 1 is 1.27 bits per heavy atom. The maximum atomic E-state index is 10.2. The molecule has 1 aliphatic heterocycles. The van der Waals surface area contributed by atoms with Crippen molar-refractivity contribution in [3.63, 3.8) is 0 Å². The van der Waals surface area contributed by atoms with Crippen molar-refractivity contribution in [1.29, 1.82) is 0 Å². The zero-order valence-corrected chi connectivity index (χ0v) is 6.83. The van der Waals surface area contributed by atoms with Crippen molar-refractivity contribution in [2.75, 3.05) is 26.2 Å². The third-order valence-corrected chi connectivity index (χ3v) is 2.11. The molecule has 1 fully saturated rings. The van der Waals surface area contributed by atoms with Crippen LogP contribution < -0.4 is 0 Å². The standard InChI is InChI=1S/C8H16NO2/c10-7-8(11)6-9-4-2-1-3-5-9/h8,11H,1-7H2/t8-/m0/s1. The molecule has 1 atom stereocenters. The Hall–Kier alpha value is -0.120. The van der Waals surface area contributed by atoms with Crippen LogP contribution in [0.3, 0.4) is 0 Å². The van der Waals surface area contributed by atoms with E-state index in [9.17, 15) is 5.11 Å². The van der Waals surface area contributed by atoms with Crippen LogP contribution in [0.1, 0.15) is 19.3 Å². The molecule has 1 radical (unpaired) electrons. The summed E-state index contributed by atoms with van der Waals surface area (Å²) in [5.74, 6) is 0. The van der Waals surface area contributed by atoms with Crippen LogP contribution in [-0.4, -0.2) is 42.4 Å². The van der Waals surface area contributed by atoms with Gasteiger partial charge in [-0.25, -0.2) is 5.11 Å². The Labute approximate surface area is 67.6 Å². The first-order valence-electron chi connectivity index (χ1n) is 4.31. The lowest BCUT2D eigenvalue weighted by molar-refractivity contribution is 0.0258. The summed E-state index contributed by atoms with van der Waals surface area (Å²) in [6, 6.07) is 0. The van der Waals surface area contributed by atoms with E-state index in [1.165, 1.54) is 19.3 Å². The highest BCUT2D eigenvalue weighted by Crippen LogP contribution is 2.08. The lowest BCUT2D eigenvalue weighted by Gasteiger charge is -2.27. The van der Waals surface area contributed by atoms with Gasteiger partial charge in [0.25, 0.3) is 0 Å². The van der Waals surface area contributed by atoms with Gasteiger partial charge < -0.3 is 10.0 Å². The van der Waals surface area contributed by atoms with E-state index in [0.29, 0.717) is 6.54 Å². The Bertz CT molecular complexity index is 102. The fraction of sp³-hybridized carbons (Fsp3) is 1.00. The molecule has 3 heteroatoms. The molecule has 0 amide bonds. The minimum absolute atomic E-state index is 0.365. The van der Waals surface area contributed by atoms with E-state index in [2.05, 4.69) is 4.90 Å². The number of hydrogen-bond donors (Lipinski definition) is 1. The van der Waals surface area contributed by atoms with Crippen molar-refractivity contribution in [3.05, 3.63) is 0 Å². The summed E-state index contributed by atoms with van der Waals surface area (Å²) in [6.45, 7) is 2.31. The molecular weight excluding hydrogens is 142 g/mol. The summed E-state index contributed by atoms with van der Waals surface area (Å²) >= 11 is 0. The van der Waals surface area contributed by atoms with Crippen LogP contribution in [0.15, 0.2) is 0 Å². The van der Waals surface area contributed by atoms with Crippen LogP contribution in [0.2, 0.25) is 0 Å². The molecule has 65 valence electrons. The summed E-state index contributed by atoms with van der Waals surface area (Å²) in [6.07, 6.45) is 3.06. The van der Waals surface area contributed by atoms with E-state index in [1.807, 2.05) is 0 Å².